The molecule has 0 aliphatic heterocycles. The maximum atomic E-state index is 13.4. The molecule has 2 heterocycles. The fourth-order valence-electron chi connectivity index (χ4n) is 4.03. The monoisotopic (exact) mass is 396 g/mol. The van der Waals surface area contributed by atoms with Gasteiger partial charge < -0.3 is 4.57 Å². The van der Waals surface area contributed by atoms with Crippen molar-refractivity contribution in [3.05, 3.63) is 42.0 Å². The second kappa shape index (κ2) is 8.43. The Balaban J connectivity index is 1.59. The average Bonchev–Trinajstić information content (AvgIpc) is 3.38. The maximum Gasteiger partial charge on any atom is 0.231 e. The number of hydrogen-bond donors (Lipinski definition) is 0. The number of imidazole rings is 1. The van der Waals surface area contributed by atoms with E-state index in [4.69, 9.17) is 4.98 Å². The van der Waals surface area contributed by atoms with Gasteiger partial charge in [0.15, 0.2) is 5.13 Å². The third-order valence-corrected chi connectivity index (χ3v) is 6.93. The third kappa shape index (κ3) is 3.97. The lowest BCUT2D eigenvalue weighted by atomic mass is 9.88. The van der Waals surface area contributed by atoms with Crippen molar-refractivity contribution < 1.29 is 4.79 Å². The molecule has 0 N–H and O–H groups in total. The number of amides is 1. The van der Waals surface area contributed by atoms with Crippen molar-refractivity contribution in [1.82, 2.24) is 14.5 Å². The van der Waals surface area contributed by atoms with Crippen LogP contribution in [-0.4, -0.2) is 27.0 Å². The van der Waals surface area contributed by atoms with Crippen molar-refractivity contribution in [2.24, 2.45) is 5.92 Å². The van der Waals surface area contributed by atoms with Crippen LogP contribution in [0.15, 0.2) is 30.9 Å². The molecule has 148 valence electrons. The zero-order valence-corrected chi connectivity index (χ0v) is 17.5. The summed E-state index contributed by atoms with van der Waals surface area (Å²) in [4.78, 5) is 24.4. The van der Waals surface area contributed by atoms with Crippen molar-refractivity contribution in [1.29, 1.82) is 0 Å². The molecule has 1 aliphatic carbocycles. The van der Waals surface area contributed by atoms with Crippen molar-refractivity contribution in [3.8, 4) is 0 Å². The van der Waals surface area contributed by atoms with Gasteiger partial charge in [0.25, 0.3) is 0 Å². The summed E-state index contributed by atoms with van der Waals surface area (Å²) in [6.45, 7) is 5.79. The first-order chi connectivity index (χ1) is 13.6. The molecule has 1 saturated carbocycles. The highest BCUT2D eigenvalue weighted by molar-refractivity contribution is 7.22. The van der Waals surface area contributed by atoms with Crippen LogP contribution in [0.4, 0.5) is 5.13 Å². The van der Waals surface area contributed by atoms with Gasteiger partial charge in [-0.2, -0.15) is 0 Å². The lowest BCUT2D eigenvalue weighted by molar-refractivity contribution is -0.123. The van der Waals surface area contributed by atoms with Gasteiger partial charge in [0.1, 0.15) is 0 Å². The fourth-order valence-corrected chi connectivity index (χ4v) is 5.09. The second-order valence-electron chi connectivity index (χ2n) is 7.83. The Morgan fingerprint density at radius 2 is 2.07 bits per heavy atom. The van der Waals surface area contributed by atoms with E-state index in [9.17, 15) is 4.79 Å². The molecule has 0 saturated heterocycles. The molecule has 0 bridgehead atoms. The Hall–Kier alpha value is -2.21. The molecule has 2 aromatic heterocycles. The van der Waals surface area contributed by atoms with Crippen molar-refractivity contribution in [2.75, 3.05) is 11.4 Å². The molecule has 1 amide bonds. The number of anilines is 1. The molecule has 1 aromatic carbocycles. The Kier molecular flexibility index (Phi) is 5.76. The topological polar surface area (TPSA) is 51.0 Å². The minimum Gasteiger partial charge on any atom is -0.337 e. The van der Waals surface area contributed by atoms with Crippen molar-refractivity contribution in [3.63, 3.8) is 0 Å². The summed E-state index contributed by atoms with van der Waals surface area (Å²) in [6, 6.07) is 4.28. The number of benzene rings is 1. The predicted octanol–water partition coefficient (Wildman–Crippen LogP) is 5.11. The number of thiazole rings is 1. The molecule has 28 heavy (non-hydrogen) atoms. The predicted molar refractivity (Wildman–Crippen MR) is 115 cm³/mol. The first-order valence-electron chi connectivity index (χ1n) is 10.3. The van der Waals surface area contributed by atoms with Crippen LogP contribution in [0.1, 0.15) is 49.7 Å². The third-order valence-electron chi connectivity index (χ3n) is 5.88. The van der Waals surface area contributed by atoms with Crippen LogP contribution in [0.2, 0.25) is 0 Å². The number of fused-ring (bicyclic) bond motifs is 1. The molecule has 1 aliphatic rings. The highest BCUT2D eigenvalue weighted by Crippen LogP contribution is 2.34. The first kappa shape index (κ1) is 19.1. The molecular formula is C22H28N4OS. The number of aryl methyl sites for hydroxylation is 3. The van der Waals surface area contributed by atoms with Gasteiger partial charge in [-0.15, -0.1) is 0 Å². The van der Waals surface area contributed by atoms with Gasteiger partial charge in [0, 0.05) is 31.4 Å². The van der Waals surface area contributed by atoms with Gasteiger partial charge in [-0.05, 0) is 50.3 Å². The van der Waals surface area contributed by atoms with Gasteiger partial charge in [0.05, 0.1) is 16.5 Å². The molecule has 0 atom stereocenters. The number of nitrogens with zero attached hydrogens (tertiary/aromatic N) is 4. The normalized spacial score (nSPS) is 15.2. The molecule has 0 unspecified atom stereocenters. The second-order valence-corrected chi connectivity index (χ2v) is 8.84. The van der Waals surface area contributed by atoms with Gasteiger partial charge in [-0.1, -0.05) is 36.7 Å². The van der Waals surface area contributed by atoms with Crippen LogP contribution in [0.5, 0.6) is 0 Å². The van der Waals surface area contributed by atoms with Crippen molar-refractivity contribution in [2.45, 2.75) is 58.9 Å². The van der Waals surface area contributed by atoms with Gasteiger partial charge in [0.2, 0.25) is 5.91 Å². The van der Waals surface area contributed by atoms with Crippen LogP contribution in [0, 0.1) is 19.8 Å². The molecule has 0 radical (unpaired) electrons. The summed E-state index contributed by atoms with van der Waals surface area (Å²) in [6.07, 6.45) is 12.1. The average molecular weight is 397 g/mol. The number of hydrogen-bond acceptors (Lipinski definition) is 4. The summed E-state index contributed by atoms with van der Waals surface area (Å²) in [5, 5.41) is 0.852. The molecule has 3 aromatic rings. The zero-order chi connectivity index (χ0) is 19.5. The summed E-state index contributed by atoms with van der Waals surface area (Å²) in [5.74, 6) is 0.413. The largest absolute Gasteiger partial charge is 0.337 e. The van der Waals surface area contributed by atoms with Crippen LogP contribution in [0.3, 0.4) is 0 Å². The van der Waals surface area contributed by atoms with E-state index in [1.54, 1.807) is 17.5 Å². The standard InChI is InChI=1S/C22H28N4OS/c1-16-9-10-19-20(17(16)2)24-22(28-19)26(13-6-12-25-14-11-23-15-25)21(27)18-7-4-3-5-8-18/h9-11,14-15,18H,3-8,12-13H2,1-2H3. The molecule has 1 fully saturated rings. The molecule has 4 rings (SSSR count). The van der Waals surface area contributed by atoms with E-state index in [0.717, 1.165) is 54.0 Å². The first-order valence-corrected chi connectivity index (χ1v) is 11.1. The van der Waals surface area contributed by atoms with E-state index in [-0.39, 0.29) is 11.8 Å². The fraction of sp³-hybridized carbons (Fsp3) is 0.500. The summed E-state index contributed by atoms with van der Waals surface area (Å²) in [5.41, 5.74) is 3.49. The van der Waals surface area contributed by atoms with Gasteiger partial charge in [-0.3, -0.25) is 9.69 Å². The number of carbonyl (C=O) groups is 1. The SMILES string of the molecule is Cc1ccc2sc(N(CCCn3ccnc3)C(=O)C3CCCCC3)nc2c1C. The molecule has 0 spiro atoms. The van der Waals surface area contributed by atoms with E-state index in [0.29, 0.717) is 6.54 Å². The van der Waals surface area contributed by atoms with E-state index in [1.165, 1.54) is 17.5 Å². The minimum absolute atomic E-state index is 0.150. The van der Waals surface area contributed by atoms with Crippen LogP contribution >= 0.6 is 11.3 Å². The minimum atomic E-state index is 0.150. The number of carbonyl (C=O) groups excluding carboxylic acids is 1. The Morgan fingerprint density at radius 1 is 1.25 bits per heavy atom. The van der Waals surface area contributed by atoms with Crippen LogP contribution in [0.25, 0.3) is 10.2 Å². The Labute approximate surface area is 170 Å². The molecule has 6 heteroatoms. The summed E-state index contributed by atoms with van der Waals surface area (Å²) >= 11 is 1.64. The highest BCUT2D eigenvalue weighted by atomic mass is 32.1. The molecule has 5 nitrogen and oxygen atoms in total. The number of rotatable bonds is 6. The zero-order valence-electron chi connectivity index (χ0n) is 16.7. The van der Waals surface area contributed by atoms with Crippen LogP contribution in [-0.2, 0) is 11.3 Å². The highest BCUT2D eigenvalue weighted by Gasteiger charge is 2.28. The summed E-state index contributed by atoms with van der Waals surface area (Å²) in [7, 11) is 0. The smallest absolute Gasteiger partial charge is 0.231 e. The van der Waals surface area contributed by atoms with E-state index >= 15 is 0 Å². The lowest BCUT2D eigenvalue weighted by Gasteiger charge is -2.27. The maximum absolute atomic E-state index is 13.4. The van der Waals surface area contributed by atoms with Crippen LogP contribution < -0.4 is 4.90 Å². The van der Waals surface area contributed by atoms with Gasteiger partial charge >= 0.3 is 0 Å². The van der Waals surface area contributed by atoms with Crippen molar-refractivity contribution >= 4 is 32.6 Å². The van der Waals surface area contributed by atoms with E-state index < -0.39 is 0 Å². The Morgan fingerprint density at radius 3 is 2.82 bits per heavy atom. The lowest BCUT2D eigenvalue weighted by Crippen LogP contribution is -2.38. The van der Waals surface area contributed by atoms with E-state index in [1.807, 2.05) is 17.4 Å². The quantitative estimate of drug-likeness (QED) is 0.581. The number of aromatic nitrogens is 3. The summed E-state index contributed by atoms with van der Waals surface area (Å²) < 4.78 is 3.23. The van der Waals surface area contributed by atoms with Gasteiger partial charge in [-0.25, -0.2) is 9.97 Å². The molecular weight excluding hydrogens is 368 g/mol. The Bertz CT molecular complexity index is 941. The van der Waals surface area contributed by atoms with E-state index in [2.05, 4.69) is 35.5 Å².